The Balaban J connectivity index is 1.60. The highest BCUT2D eigenvalue weighted by molar-refractivity contribution is 5.72. The minimum atomic E-state index is 1.01. The van der Waals surface area contributed by atoms with Crippen LogP contribution in [0.2, 0.25) is 0 Å². The van der Waals surface area contributed by atoms with Gasteiger partial charge in [-0.2, -0.15) is 0 Å². The quantitative estimate of drug-likeness (QED) is 0.800. The van der Waals surface area contributed by atoms with Crippen LogP contribution in [0.5, 0.6) is 0 Å². The van der Waals surface area contributed by atoms with E-state index in [0.717, 1.165) is 39.5 Å². The molecule has 2 bridgehead atoms. The summed E-state index contributed by atoms with van der Waals surface area (Å²) in [6.45, 7) is 8.43. The van der Waals surface area contributed by atoms with Crippen LogP contribution in [0.4, 0.5) is 17.1 Å². The maximum atomic E-state index is 2.53. The fourth-order valence-electron chi connectivity index (χ4n) is 4.48. The van der Waals surface area contributed by atoms with Crippen molar-refractivity contribution in [1.29, 1.82) is 0 Å². The minimum absolute atomic E-state index is 1.01. The highest BCUT2D eigenvalue weighted by atomic mass is 15.4. The van der Waals surface area contributed by atoms with Crippen LogP contribution in [-0.2, 0) is 19.6 Å². The first-order valence-electron chi connectivity index (χ1n) is 8.90. The van der Waals surface area contributed by atoms with Gasteiger partial charge in [-0.05, 0) is 48.9 Å². The number of hydrogen-bond donors (Lipinski definition) is 0. The number of anilines is 3. The van der Waals surface area contributed by atoms with E-state index in [0.29, 0.717) is 0 Å². The van der Waals surface area contributed by atoms with Gasteiger partial charge < -0.3 is 14.7 Å². The molecule has 124 valence electrons. The van der Waals surface area contributed by atoms with Gasteiger partial charge in [0.1, 0.15) is 0 Å². The average molecular weight is 320 g/mol. The summed E-state index contributed by atoms with van der Waals surface area (Å²) in [5.41, 5.74) is 8.66. The number of hydrogen-bond acceptors (Lipinski definition) is 4. The molecule has 5 rings (SSSR count). The molecule has 0 spiro atoms. The van der Waals surface area contributed by atoms with Crippen LogP contribution in [-0.4, -0.2) is 31.8 Å². The predicted octanol–water partition coefficient (Wildman–Crippen LogP) is 3.21. The largest absolute Gasteiger partial charge is 0.359 e. The van der Waals surface area contributed by atoms with Crippen LogP contribution >= 0.6 is 0 Å². The summed E-state index contributed by atoms with van der Waals surface area (Å²) in [5, 5.41) is 0. The molecule has 0 atom stereocenters. The molecule has 24 heavy (non-hydrogen) atoms. The predicted molar refractivity (Wildman–Crippen MR) is 99.5 cm³/mol. The monoisotopic (exact) mass is 320 g/mol. The van der Waals surface area contributed by atoms with E-state index >= 15 is 0 Å². The van der Waals surface area contributed by atoms with Gasteiger partial charge in [-0.1, -0.05) is 18.2 Å². The summed E-state index contributed by atoms with van der Waals surface area (Å²) in [5.74, 6) is 0. The van der Waals surface area contributed by atoms with E-state index in [1.165, 1.54) is 33.8 Å². The maximum absolute atomic E-state index is 2.53. The lowest BCUT2D eigenvalue weighted by atomic mass is 9.97. The topological polar surface area (TPSA) is 13.0 Å². The van der Waals surface area contributed by atoms with Crippen molar-refractivity contribution in [3.8, 4) is 0 Å². The van der Waals surface area contributed by atoms with E-state index in [2.05, 4.69) is 70.0 Å². The van der Waals surface area contributed by atoms with E-state index < -0.39 is 0 Å². The fraction of sp³-hybridized carbons (Fsp3) is 0.400. The van der Waals surface area contributed by atoms with Gasteiger partial charge in [0.05, 0.1) is 13.3 Å². The molecule has 2 aromatic carbocycles. The Morgan fingerprint density at radius 1 is 0.792 bits per heavy atom. The molecule has 2 aromatic rings. The second kappa shape index (κ2) is 5.15. The average Bonchev–Trinajstić information content (AvgIpc) is 2.60. The van der Waals surface area contributed by atoms with Gasteiger partial charge in [0.2, 0.25) is 0 Å². The van der Waals surface area contributed by atoms with Crippen molar-refractivity contribution in [3.63, 3.8) is 0 Å². The Morgan fingerprint density at radius 2 is 1.50 bits per heavy atom. The summed E-state index contributed by atoms with van der Waals surface area (Å²) in [6, 6.07) is 13.8. The molecule has 0 saturated heterocycles. The van der Waals surface area contributed by atoms with E-state index in [9.17, 15) is 0 Å². The third-order valence-electron chi connectivity index (χ3n) is 5.59. The lowest BCUT2D eigenvalue weighted by Gasteiger charge is -2.46. The number of fused-ring (bicyclic) bond motifs is 7. The molecule has 3 heterocycles. The molecule has 4 nitrogen and oxygen atoms in total. The molecule has 0 saturated carbocycles. The summed E-state index contributed by atoms with van der Waals surface area (Å²) in [4.78, 5) is 9.94. The highest BCUT2D eigenvalue weighted by Gasteiger charge is 2.31. The minimum Gasteiger partial charge on any atom is -0.359 e. The van der Waals surface area contributed by atoms with Crippen LogP contribution in [0.15, 0.2) is 36.4 Å². The standard InChI is InChI=1S/C20H24N4/c1-3-22-13-21(2)10-16-8-20-17(9-19(16)22)12-23-14-24(20)11-15-6-4-5-7-18(15)23/h4-9H,3,10-14H2,1-2H3. The van der Waals surface area contributed by atoms with Gasteiger partial charge in [0.15, 0.2) is 0 Å². The first-order chi connectivity index (χ1) is 11.7. The molecule has 0 aromatic heterocycles. The Labute approximate surface area is 143 Å². The van der Waals surface area contributed by atoms with E-state index in [-0.39, 0.29) is 0 Å². The molecule has 0 unspecified atom stereocenters. The Kier molecular flexibility index (Phi) is 3.04. The zero-order valence-corrected chi connectivity index (χ0v) is 14.5. The number of rotatable bonds is 1. The molecule has 0 N–H and O–H groups in total. The van der Waals surface area contributed by atoms with Crippen LogP contribution < -0.4 is 14.7 Å². The Bertz CT molecular complexity index is 800. The summed E-state index contributed by atoms with van der Waals surface area (Å²) in [6.07, 6.45) is 0. The normalized spacial score (nSPS) is 19.0. The summed E-state index contributed by atoms with van der Waals surface area (Å²) in [7, 11) is 2.21. The van der Waals surface area contributed by atoms with Gasteiger partial charge in [0.25, 0.3) is 0 Å². The van der Waals surface area contributed by atoms with Crippen LogP contribution in [0.25, 0.3) is 0 Å². The smallest absolute Gasteiger partial charge is 0.0910 e. The third kappa shape index (κ3) is 2.02. The highest BCUT2D eigenvalue weighted by Crippen LogP contribution is 2.41. The number of benzene rings is 2. The van der Waals surface area contributed by atoms with E-state index in [1.807, 2.05) is 0 Å². The van der Waals surface area contributed by atoms with Gasteiger partial charge in [-0.15, -0.1) is 0 Å². The van der Waals surface area contributed by atoms with Crippen molar-refractivity contribution in [2.24, 2.45) is 0 Å². The molecular weight excluding hydrogens is 296 g/mol. The van der Waals surface area contributed by atoms with Crippen LogP contribution in [0, 0.1) is 0 Å². The van der Waals surface area contributed by atoms with Gasteiger partial charge in [-0.25, -0.2) is 0 Å². The summed E-state index contributed by atoms with van der Waals surface area (Å²) < 4.78 is 0. The van der Waals surface area contributed by atoms with E-state index in [4.69, 9.17) is 0 Å². The first kappa shape index (κ1) is 14.2. The molecule has 4 heteroatoms. The Hall–Kier alpha value is -2.20. The van der Waals surface area contributed by atoms with Crippen molar-refractivity contribution in [2.45, 2.75) is 26.6 Å². The number of nitrogens with zero attached hydrogens (tertiary/aromatic N) is 4. The van der Waals surface area contributed by atoms with Crippen LogP contribution in [0.1, 0.15) is 23.6 Å². The SMILES string of the molecule is CCN1CN(C)Cc2cc3c(cc21)CN1CN3Cc2ccccc21. The molecule has 0 radical (unpaired) electrons. The lowest BCUT2D eigenvalue weighted by Crippen LogP contribution is -2.46. The van der Waals surface area contributed by atoms with Crippen molar-refractivity contribution in [1.82, 2.24) is 4.90 Å². The zero-order chi connectivity index (χ0) is 16.3. The van der Waals surface area contributed by atoms with Crippen LogP contribution in [0.3, 0.4) is 0 Å². The molecule has 3 aliphatic rings. The van der Waals surface area contributed by atoms with Crippen molar-refractivity contribution in [3.05, 3.63) is 53.1 Å². The molecule has 0 amide bonds. The zero-order valence-electron chi connectivity index (χ0n) is 14.5. The van der Waals surface area contributed by atoms with Crippen molar-refractivity contribution >= 4 is 17.1 Å². The summed E-state index contributed by atoms with van der Waals surface area (Å²) >= 11 is 0. The first-order valence-corrected chi connectivity index (χ1v) is 8.90. The second-order valence-electron chi connectivity index (χ2n) is 7.29. The van der Waals surface area contributed by atoms with E-state index in [1.54, 1.807) is 0 Å². The second-order valence-corrected chi connectivity index (χ2v) is 7.29. The fourth-order valence-corrected chi connectivity index (χ4v) is 4.48. The van der Waals surface area contributed by atoms with Gasteiger partial charge in [-0.3, -0.25) is 4.90 Å². The molecule has 0 fully saturated rings. The van der Waals surface area contributed by atoms with Crippen molar-refractivity contribution < 1.29 is 0 Å². The third-order valence-corrected chi connectivity index (χ3v) is 5.59. The van der Waals surface area contributed by atoms with Gasteiger partial charge >= 0.3 is 0 Å². The maximum Gasteiger partial charge on any atom is 0.0910 e. The van der Waals surface area contributed by atoms with Crippen molar-refractivity contribution in [2.75, 3.05) is 41.6 Å². The lowest BCUT2D eigenvalue weighted by molar-refractivity contribution is 0.310. The van der Waals surface area contributed by atoms with Gasteiger partial charge in [0, 0.05) is 43.2 Å². The number of para-hydroxylation sites is 1. The molecule has 0 aliphatic carbocycles. The molecule has 3 aliphatic heterocycles. The molecular formula is C20H24N4. The Morgan fingerprint density at radius 3 is 2.38 bits per heavy atom.